The van der Waals surface area contributed by atoms with E-state index < -0.39 is 29.8 Å². The van der Waals surface area contributed by atoms with Gasteiger partial charge in [0.25, 0.3) is 0 Å². The van der Waals surface area contributed by atoms with Crippen molar-refractivity contribution < 1.29 is 27.9 Å². The molecule has 3 N–H and O–H groups in total. The van der Waals surface area contributed by atoms with Crippen molar-refractivity contribution in [1.29, 1.82) is 0 Å². The molecule has 0 saturated heterocycles. The van der Waals surface area contributed by atoms with Crippen LogP contribution in [0.4, 0.5) is 23.8 Å². The lowest BCUT2D eigenvalue weighted by molar-refractivity contribution is -0.138. The number of alkyl halides is 3. The maximum Gasteiger partial charge on any atom is 0.416 e. The highest BCUT2D eigenvalue weighted by atomic mass is 19.4. The summed E-state index contributed by atoms with van der Waals surface area (Å²) in [4.78, 5) is 26.6. The topological polar surface area (TPSA) is 91.3 Å². The van der Waals surface area contributed by atoms with Crippen molar-refractivity contribution in [2.75, 3.05) is 5.32 Å². The summed E-state index contributed by atoms with van der Waals surface area (Å²) in [5, 5.41) is 13.7. The molecule has 0 spiro atoms. The minimum atomic E-state index is -4.55. The molecule has 27 heavy (non-hydrogen) atoms. The van der Waals surface area contributed by atoms with E-state index in [1.54, 1.807) is 0 Å². The second-order valence-electron chi connectivity index (χ2n) is 5.85. The molecule has 0 fully saturated rings. The van der Waals surface area contributed by atoms with Gasteiger partial charge in [-0.3, -0.25) is 10.1 Å². The molecule has 0 aliphatic carbocycles. The van der Waals surface area contributed by atoms with Crippen LogP contribution in [0.1, 0.15) is 24.0 Å². The maximum absolute atomic E-state index is 12.7. The number of carboxylic acids is 1. The summed E-state index contributed by atoms with van der Waals surface area (Å²) in [6, 6.07) is 9.39. The fourth-order valence-electron chi connectivity index (χ4n) is 2.43. The fourth-order valence-corrected chi connectivity index (χ4v) is 2.43. The summed E-state index contributed by atoms with van der Waals surface area (Å²) in [5.74, 6) is -1.26. The summed E-state index contributed by atoms with van der Waals surface area (Å²) < 4.78 is 38.2. The number of nitrogens with one attached hydrogen (secondary N) is 2. The van der Waals surface area contributed by atoms with E-state index in [-0.39, 0.29) is 18.7 Å². The van der Waals surface area contributed by atoms with Gasteiger partial charge in [-0.1, -0.05) is 30.3 Å². The molecule has 1 aromatic heterocycles. The Labute approximate surface area is 153 Å². The Hall–Kier alpha value is -3.10. The van der Waals surface area contributed by atoms with E-state index in [2.05, 4.69) is 15.6 Å². The van der Waals surface area contributed by atoms with E-state index in [1.807, 2.05) is 30.3 Å². The number of hydrogen-bond acceptors (Lipinski definition) is 3. The number of hydrogen-bond donors (Lipinski definition) is 3. The first-order valence-corrected chi connectivity index (χ1v) is 8.10. The molecule has 0 aliphatic heterocycles. The summed E-state index contributed by atoms with van der Waals surface area (Å²) in [6.07, 6.45) is -3.19. The van der Waals surface area contributed by atoms with E-state index in [9.17, 15) is 22.8 Å². The molecular weight excluding hydrogens is 363 g/mol. The van der Waals surface area contributed by atoms with Crippen molar-refractivity contribution in [2.24, 2.45) is 0 Å². The molecule has 0 aliphatic rings. The number of carboxylic acid groups (broad SMARTS) is 1. The molecule has 1 aromatic carbocycles. The van der Waals surface area contributed by atoms with Crippen molar-refractivity contribution in [3.05, 3.63) is 59.8 Å². The molecule has 144 valence electrons. The van der Waals surface area contributed by atoms with Gasteiger partial charge < -0.3 is 10.4 Å². The van der Waals surface area contributed by atoms with Crippen molar-refractivity contribution in [3.8, 4) is 0 Å². The minimum Gasteiger partial charge on any atom is -0.481 e. The van der Waals surface area contributed by atoms with Crippen LogP contribution in [0.5, 0.6) is 0 Å². The van der Waals surface area contributed by atoms with Gasteiger partial charge in [0.05, 0.1) is 5.56 Å². The fraction of sp³-hybridized carbons (Fsp3) is 0.278. The highest BCUT2D eigenvalue weighted by Gasteiger charge is 2.30. The molecule has 0 saturated carbocycles. The van der Waals surface area contributed by atoms with E-state index in [1.165, 1.54) is 0 Å². The molecule has 1 atom stereocenters. The Balaban J connectivity index is 2.03. The summed E-state index contributed by atoms with van der Waals surface area (Å²) >= 11 is 0. The Morgan fingerprint density at radius 1 is 1.15 bits per heavy atom. The third-order valence-electron chi connectivity index (χ3n) is 3.70. The normalized spacial score (nSPS) is 12.3. The lowest BCUT2D eigenvalue weighted by Gasteiger charge is -2.19. The second kappa shape index (κ2) is 9.02. The molecule has 1 unspecified atom stereocenters. The molecule has 1 heterocycles. The summed E-state index contributed by atoms with van der Waals surface area (Å²) in [5.41, 5.74) is -0.0371. The van der Waals surface area contributed by atoms with Gasteiger partial charge in [0, 0.05) is 18.7 Å². The van der Waals surface area contributed by atoms with Gasteiger partial charge in [-0.05, 0) is 30.5 Å². The number of carbonyl (C=O) groups excluding carboxylic acids is 1. The number of carbonyl (C=O) groups is 2. The number of halogens is 3. The number of amides is 2. The highest BCUT2D eigenvalue weighted by Crippen LogP contribution is 2.29. The van der Waals surface area contributed by atoms with Gasteiger partial charge in [-0.2, -0.15) is 13.2 Å². The Kier molecular flexibility index (Phi) is 6.75. The van der Waals surface area contributed by atoms with Gasteiger partial charge in [0.1, 0.15) is 5.82 Å². The van der Waals surface area contributed by atoms with Gasteiger partial charge in [-0.25, -0.2) is 9.78 Å². The van der Waals surface area contributed by atoms with Gasteiger partial charge in [-0.15, -0.1) is 0 Å². The number of anilines is 1. The number of pyridine rings is 1. The SMILES string of the molecule is O=C(O)CCC(Cc1ccccc1)NC(=O)Nc1cc(C(F)(F)F)ccn1. The van der Waals surface area contributed by atoms with Crippen LogP contribution in [0, 0.1) is 0 Å². The number of nitrogens with zero attached hydrogens (tertiary/aromatic N) is 1. The number of aliphatic carboxylic acids is 1. The first-order valence-electron chi connectivity index (χ1n) is 8.10. The molecule has 0 radical (unpaired) electrons. The monoisotopic (exact) mass is 381 g/mol. The number of urea groups is 1. The van der Waals surface area contributed by atoms with Crippen LogP contribution in [0.3, 0.4) is 0 Å². The summed E-state index contributed by atoms with van der Waals surface area (Å²) in [6.45, 7) is 0. The van der Waals surface area contributed by atoms with Gasteiger partial charge in [0.15, 0.2) is 0 Å². The zero-order chi connectivity index (χ0) is 19.9. The molecule has 2 rings (SSSR count). The third kappa shape index (κ3) is 6.96. The lowest BCUT2D eigenvalue weighted by Crippen LogP contribution is -2.39. The van der Waals surface area contributed by atoms with Crippen LogP contribution in [0.2, 0.25) is 0 Å². The van der Waals surface area contributed by atoms with Crippen molar-refractivity contribution >= 4 is 17.8 Å². The number of aromatic nitrogens is 1. The van der Waals surface area contributed by atoms with Gasteiger partial charge >= 0.3 is 18.2 Å². The number of benzene rings is 1. The zero-order valence-electron chi connectivity index (χ0n) is 14.2. The standard InChI is InChI=1S/C18H18F3N3O3/c19-18(20,21)13-8-9-22-15(11-13)24-17(27)23-14(6-7-16(25)26)10-12-4-2-1-3-5-12/h1-5,8-9,11,14H,6-7,10H2,(H,25,26)(H2,22,23,24,27). The van der Waals surface area contributed by atoms with Crippen molar-refractivity contribution in [3.63, 3.8) is 0 Å². The van der Waals surface area contributed by atoms with E-state index in [4.69, 9.17) is 5.11 Å². The quantitative estimate of drug-likeness (QED) is 0.682. The minimum absolute atomic E-state index is 0.153. The van der Waals surface area contributed by atoms with E-state index in [0.717, 1.165) is 23.9 Å². The van der Waals surface area contributed by atoms with E-state index in [0.29, 0.717) is 6.42 Å². The maximum atomic E-state index is 12.7. The Bertz CT molecular complexity index is 782. The first kappa shape index (κ1) is 20.2. The summed E-state index contributed by atoms with van der Waals surface area (Å²) in [7, 11) is 0. The predicted octanol–water partition coefficient (Wildman–Crippen LogP) is 3.70. The third-order valence-corrected chi connectivity index (χ3v) is 3.70. The van der Waals surface area contributed by atoms with Gasteiger partial charge in [0.2, 0.25) is 0 Å². The second-order valence-corrected chi connectivity index (χ2v) is 5.85. The van der Waals surface area contributed by atoms with Crippen LogP contribution < -0.4 is 10.6 Å². The lowest BCUT2D eigenvalue weighted by atomic mass is 10.0. The molecule has 6 nitrogen and oxygen atoms in total. The molecule has 2 aromatic rings. The Morgan fingerprint density at radius 3 is 2.48 bits per heavy atom. The van der Waals surface area contributed by atoms with Crippen LogP contribution >= 0.6 is 0 Å². The largest absolute Gasteiger partial charge is 0.481 e. The predicted molar refractivity (Wildman–Crippen MR) is 92.2 cm³/mol. The Morgan fingerprint density at radius 2 is 1.85 bits per heavy atom. The zero-order valence-corrected chi connectivity index (χ0v) is 14.2. The van der Waals surface area contributed by atoms with E-state index >= 15 is 0 Å². The average molecular weight is 381 g/mol. The molecule has 9 heteroatoms. The molecule has 2 amide bonds. The number of rotatable bonds is 7. The highest BCUT2D eigenvalue weighted by molar-refractivity contribution is 5.88. The van der Waals surface area contributed by atoms with Crippen molar-refractivity contribution in [2.45, 2.75) is 31.5 Å². The van der Waals surface area contributed by atoms with Crippen LogP contribution in [-0.2, 0) is 17.4 Å². The van der Waals surface area contributed by atoms with Crippen molar-refractivity contribution in [1.82, 2.24) is 10.3 Å². The van der Waals surface area contributed by atoms with Crippen LogP contribution in [0.25, 0.3) is 0 Å². The molecule has 0 bridgehead atoms. The molecular formula is C18H18F3N3O3. The van der Waals surface area contributed by atoms with Crippen LogP contribution in [-0.4, -0.2) is 28.1 Å². The first-order chi connectivity index (χ1) is 12.7. The van der Waals surface area contributed by atoms with Crippen LogP contribution in [0.15, 0.2) is 48.7 Å². The smallest absolute Gasteiger partial charge is 0.416 e. The average Bonchev–Trinajstić information content (AvgIpc) is 2.60.